The van der Waals surface area contributed by atoms with Gasteiger partial charge in [0.05, 0.1) is 25.6 Å². The Morgan fingerprint density at radius 1 is 1.00 bits per heavy atom. The number of rotatable bonds is 15. The van der Waals surface area contributed by atoms with Crippen LogP contribution in [-0.2, 0) is 39.1 Å². The largest absolute Gasteiger partial charge is 0.496 e. The smallest absolute Gasteiger partial charge is 0.302 e. The SMILES string of the molecule is COc1cc(C(=O)N(CCCc2ccccc2)Cc2nc(C(=O)CS(=O)(=O)N(C)C)c(COC(C)=O)s2)cc(OC)c1C. The zero-order chi connectivity index (χ0) is 31.7. The van der Waals surface area contributed by atoms with Crippen LogP contribution in [0.4, 0.5) is 0 Å². The van der Waals surface area contributed by atoms with Crippen molar-refractivity contribution < 1.29 is 37.0 Å². The Morgan fingerprint density at radius 2 is 1.63 bits per heavy atom. The Bertz CT molecular complexity index is 1530. The van der Waals surface area contributed by atoms with Crippen LogP contribution in [0.1, 0.15) is 55.2 Å². The minimum atomic E-state index is -3.86. The predicted octanol–water partition coefficient (Wildman–Crippen LogP) is 3.88. The van der Waals surface area contributed by atoms with Gasteiger partial charge in [-0.25, -0.2) is 17.7 Å². The summed E-state index contributed by atoms with van der Waals surface area (Å²) in [5.41, 5.74) is 2.13. The zero-order valence-corrected chi connectivity index (χ0v) is 26.8. The lowest BCUT2D eigenvalue weighted by Crippen LogP contribution is -2.32. The van der Waals surface area contributed by atoms with Crippen molar-refractivity contribution in [1.82, 2.24) is 14.2 Å². The van der Waals surface area contributed by atoms with Crippen molar-refractivity contribution in [3.63, 3.8) is 0 Å². The van der Waals surface area contributed by atoms with Crippen LogP contribution < -0.4 is 9.47 Å². The molecular formula is C30H37N3O8S2. The molecule has 1 heterocycles. The molecule has 0 atom stereocenters. The number of esters is 1. The number of benzene rings is 2. The molecule has 0 fully saturated rings. The van der Waals surface area contributed by atoms with Crippen molar-refractivity contribution >= 4 is 39.0 Å². The number of ketones is 1. The number of sulfonamides is 1. The number of aromatic nitrogens is 1. The molecule has 0 spiro atoms. The van der Waals surface area contributed by atoms with Crippen molar-refractivity contribution in [2.24, 2.45) is 0 Å². The number of nitrogens with zero attached hydrogens (tertiary/aromatic N) is 3. The number of hydrogen-bond acceptors (Lipinski definition) is 10. The summed E-state index contributed by atoms with van der Waals surface area (Å²) in [4.78, 5) is 44.9. The Morgan fingerprint density at radius 3 is 2.19 bits per heavy atom. The monoisotopic (exact) mass is 631 g/mol. The number of aryl methyl sites for hydroxylation is 1. The second-order valence-corrected chi connectivity index (χ2v) is 13.3. The number of ether oxygens (including phenoxy) is 3. The molecule has 1 aromatic heterocycles. The maximum Gasteiger partial charge on any atom is 0.302 e. The number of thiazole rings is 1. The van der Waals surface area contributed by atoms with E-state index < -0.39 is 27.5 Å². The van der Waals surface area contributed by atoms with Crippen molar-refractivity contribution in [1.29, 1.82) is 0 Å². The first-order chi connectivity index (χ1) is 20.4. The fourth-order valence-corrected chi connectivity index (χ4v) is 5.98. The molecule has 0 aliphatic rings. The van der Waals surface area contributed by atoms with Crippen LogP contribution >= 0.6 is 11.3 Å². The maximum atomic E-state index is 13.9. The second kappa shape index (κ2) is 15.1. The zero-order valence-electron chi connectivity index (χ0n) is 25.2. The van der Waals surface area contributed by atoms with Gasteiger partial charge in [0.2, 0.25) is 10.0 Å². The van der Waals surface area contributed by atoms with Crippen LogP contribution in [0.15, 0.2) is 42.5 Å². The van der Waals surface area contributed by atoms with Gasteiger partial charge >= 0.3 is 5.97 Å². The molecule has 232 valence electrons. The fraction of sp³-hybridized carbons (Fsp3) is 0.400. The first-order valence-corrected chi connectivity index (χ1v) is 15.9. The van der Waals surface area contributed by atoms with E-state index in [-0.39, 0.29) is 24.8 Å². The summed E-state index contributed by atoms with van der Waals surface area (Å²) >= 11 is 1.09. The minimum Gasteiger partial charge on any atom is -0.496 e. The number of carbonyl (C=O) groups excluding carboxylic acids is 3. The van der Waals surface area contributed by atoms with Crippen LogP contribution in [0.5, 0.6) is 11.5 Å². The third kappa shape index (κ3) is 9.09. The van der Waals surface area contributed by atoms with E-state index in [1.807, 2.05) is 37.3 Å². The van der Waals surface area contributed by atoms with E-state index in [4.69, 9.17) is 14.2 Å². The highest BCUT2D eigenvalue weighted by Crippen LogP contribution is 2.31. The summed E-state index contributed by atoms with van der Waals surface area (Å²) in [6.07, 6.45) is 1.38. The number of methoxy groups -OCH3 is 2. The minimum absolute atomic E-state index is 0.0393. The van der Waals surface area contributed by atoms with Crippen molar-refractivity contribution in [2.75, 3.05) is 40.6 Å². The van der Waals surface area contributed by atoms with Crippen LogP contribution in [0.2, 0.25) is 0 Å². The summed E-state index contributed by atoms with van der Waals surface area (Å²) in [5.74, 6) is -1.38. The molecule has 1 amide bonds. The lowest BCUT2D eigenvalue weighted by atomic mass is 10.1. The Labute approximate surface area is 256 Å². The van der Waals surface area contributed by atoms with E-state index in [9.17, 15) is 22.8 Å². The van der Waals surface area contributed by atoms with Crippen molar-refractivity contribution in [2.45, 2.75) is 39.8 Å². The maximum absolute atomic E-state index is 13.9. The first kappa shape index (κ1) is 33.7. The summed E-state index contributed by atoms with van der Waals surface area (Å²) < 4.78 is 41.8. The average molecular weight is 632 g/mol. The Hall–Kier alpha value is -3.81. The van der Waals surface area contributed by atoms with Crippen molar-refractivity contribution in [3.05, 3.63) is 74.7 Å². The molecule has 0 aliphatic heterocycles. The Balaban J connectivity index is 1.97. The van der Waals surface area contributed by atoms with Crippen LogP contribution in [0.3, 0.4) is 0 Å². The topological polar surface area (TPSA) is 132 Å². The third-order valence-electron chi connectivity index (χ3n) is 6.63. The number of hydrogen-bond donors (Lipinski definition) is 0. The highest BCUT2D eigenvalue weighted by molar-refractivity contribution is 7.89. The molecule has 13 heteroatoms. The van der Waals surface area contributed by atoms with Gasteiger partial charge in [-0.3, -0.25) is 14.4 Å². The highest BCUT2D eigenvalue weighted by Gasteiger charge is 2.27. The molecule has 0 saturated heterocycles. The molecule has 0 aliphatic carbocycles. The van der Waals surface area contributed by atoms with Gasteiger partial charge in [0.15, 0.2) is 5.78 Å². The molecule has 0 radical (unpaired) electrons. The van der Waals surface area contributed by atoms with E-state index >= 15 is 0 Å². The molecule has 3 aromatic rings. The second-order valence-electron chi connectivity index (χ2n) is 9.94. The van der Waals surface area contributed by atoms with E-state index in [2.05, 4.69) is 4.98 Å². The first-order valence-electron chi connectivity index (χ1n) is 13.5. The standard InChI is InChI=1S/C30H37N3O8S2/c1-20-25(39-5)15-23(16-26(20)40-6)30(36)33(14-10-13-22-11-8-7-9-12-22)17-28-31-29(27(42-28)18-41-21(2)34)24(35)19-43(37,38)32(3)4/h7-9,11-12,15-16H,10,13-14,17-19H2,1-6H3. The molecule has 11 nitrogen and oxygen atoms in total. The highest BCUT2D eigenvalue weighted by atomic mass is 32.2. The quantitative estimate of drug-likeness (QED) is 0.181. The van der Waals surface area contributed by atoms with Gasteiger partial charge in [-0.05, 0) is 37.5 Å². The van der Waals surface area contributed by atoms with Gasteiger partial charge in [-0.2, -0.15) is 0 Å². The average Bonchev–Trinajstić information content (AvgIpc) is 3.38. The third-order valence-corrected chi connectivity index (χ3v) is 9.38. The van der Waals surface area contributed by atoms with Crippen LogP contribution in [0.25, 0.3) is 0 Å². The normalized spacial score (nSPS) is 11.3. The number of Topliss-reactive ketones (excluding diaryl/α,β-unsaturated/α-hetero) is 1. The summed E-state index contributed by atoms with van der Waals surface area (Å²) in [6.45, 7) is 3.22. The molecule has 3 rings (SSSR count). The van der Waals surface area contributed by atoms with E-state index in [1.165, 1.54) is 35.2 Å². The molecule has 0 unspecified atom stereocenters. The van der Waals surface area contributed by atoms with Gasteiger partial charge in [0.25, 0.3) is 5.91 Å². The molecule has 2 aromatic carbocycles. The fourth-order valence-electron chi connectivity index (χ4n) is 4.24. The van der Waals surface area contributed by atoms with Gasteiger partial charge in [-0.15, -0.1) is 11.3 Å². The molecular weight excluding hydrogens is 594 g/mol. The van der Waals surface area contributed by atoms with Gasteiger partial charge in [0.1, 0.15) is 34.6 Å². The van der Waals surface area contributed by atoms with Crippen LogP contribution in [-0.4, -0.2) is 80.9 Å². The number of amides is 1. The molecule has 0 saturated carbocycles. The van der Waals surface area contributed by atoms with Crippen molar-refractivity contribution in [3.8, 4) is 11.5 Å². The van der Waals surface area contributed by atoms with Crippen LogP contribution in [0, 0.1) is 6.92 Å². The molecule has 0 bridgehead atoms. The van der Waals surface area contributed by atoms with E-state index in [0.717, 1.165) is 33.2 Å². The summed E-state index contributed by atoms with van der Waals surface area (Å²) in [5, 5.41) is 0.395. The van der Waals surface area contributed by atoms with Gasteiger partial charge in [0, 0.05) is 38.7 Å². The van der Waals surface area contributed by atoms with E-state index in [0.29, 0.717) is 39.9 Å². The summed E-state index contributed by atoms with van der Waals surface area (Å²) in [7, 11) is 1.85. The Kier molecular flexibility index (Phi) is 11.8. The lowest BCUT2D eigenvalue weighted by molar-refractivity contribution is -0.142. The van der Waals surface area contributed by atoms with Gasteiger partial charge < -0.3 is 19.1 Å². The molecule has 43 heavy (non-hydrogen) atoms. The molecule has 0 N–H and O–H groups in total. The van der Waals surface area contributed by atoms with Gasteiger partial charge in [-0.1, -0.05) is 30.3 Å². The number of carbonyl (C=O) groups is 3. The predicted molar refractivity (Wildman–Crippen MR) is 163 cm³/mol. The lowest BCUT2D eigenvalue weighted by Gasteiger charge is -2.23. The van der Waals surface area contributed by atoms with E-state index in [1.54, 1.807) is 17.0 Å². The summed E-state index contributed by atoms with van der Waals surface area (Å²) in [6, 6.07) is 13.2.